The number of hydrogen-bond donors (Lipinski definition) is 1. The van der Waals surface area contributed by atoms with Crippen molar-refractivity contribution in [2.45, 2.75) is 26.5 Å². The predicted molar refractivity (Wildman–Crippen MR) is 49.2 cm³/mol. The predicted octanol–water partition coefficient (Wildman–Crippen LogP) is 1.32. The second kappa shape index (κ2) is 5.72. The van der Waals surface area contributed by atoms with E-state index >= 15 is 0 Å². The Kier molecular flexibility index (Phi) is 4.49. The maximum absolute atomic E-state index is 5.16. The van der Waals surface area contributed by atoms with Gasteiger partial charge in [0.1, 0.15) is 6.61 Å². The molecule has 1 rings (SSSR count). The van der Waals surface area contributed by atoms with Gasteiger partial charge in [0, 0.05) is 13.7 Å². The molecule has 13 heavy (non-hydrogen) atoms. The minimum absolute atomic E-state index is 0.489. The third-order valence-electron chi connectivity index (χ3n) is 1.72. The Morgan fingerprint density at radius 3 is 3.15 bits per heavy atom. The molecule has 0 atom stereocenters. The molecule has 1 aromatic rings. The fourth-order valence-electron chi connectivity index (χ4n) is 1.07. The van der Waals surface area contributed by atoms with Gasteiger partial charge >= 0.3 is 0 Å². The van der Waals surface area contributed by atoms with Crippen LogP contribution in [0.25, 0.3) is 0 Å². The number of oxazole rings is 1. The number of hydrogen-bond acceptors (Lipinski definition) is 4. The fourth-order valence-corrected chi connectivity index (χ4v) is 1.07. The van der Waals surface area contributed by atoms with Crippen LogP contribution in [0.1, 0.15) is 24.8 Å². The van der Waals surface area contributed by atoms with Crippen LogP contribution in [-0.4, -0.2) is 18.6 Å². The van der Waals surface area contributed by atoms with Gasteiger partial charge in [-0.15, -0.1) is 0 Å². The topological polar surface area (TPSA) is 47.3 Å². The van der Waals surface area contributed by atoms with Crippen molar-refractivity contribution in [1.29, 1.82) is 0 Å². The highest BCUT2D eigenvalue weighted by molar-refractivity contribution is 5.05. The molecule has 0 unspecified atom stereocenters. The van der Waals surface area contributed by atoms with Crippen LogP contribution in [0.15, 0.2) is 10.8 Å². The molecule has 0 aliphatic heterocycles. The lowest BCUT2D eigenvalue weighted by Gasteiger charge is -2.01. The normalized spacial score (nSPS) is 10.6. The first kappa shape index (κ1) is 10.2. The highest BCUT2D eigenvalue weighted by Gasteiger charge is 2.06. The van der Waals surface area contributed by atoms with Crippen molar-refractivity contribution < 1.29 is 9.15 Å². The monoisotopic (exact) mass is 184 g/mol. The van der Waals surface area contributed by atoms with Crippen LogP contribution in [0, 0.1) is 0 Å². The lowest BCUT2D eigenvalue weighted by molar-refractivity contribution is 0.163. The molecule has 0 saturated carbocycles. The zero-order valence-electron chi connectivity index (χ0n) is 8.17. The minimum Gasteiger partial charge on any atom is -0.446 e. The van der Waals surface area contributed by atoms with E-state index in [4.69, 9.17) is 9.15 Å². The molecule has 74 valence electrons. The van der Waals surface area contributed by atoms with Crippen molar-refractivity contribution >= 4 is 0 Å². The first-order valence-corrected chi connectivity index (χ1v) is 4.49. The number of aromatic nitrogens is 1. The summed E-state index contributed by atoms with van der Waals surface area (Å²) in [6.45, 7) is 4.37. The molecule has 0 aromatic carbocycles. The molecular formula is C9H16N2O2. The molecular weight excluding hydrogens is 168 g/mol. The third kappa shape index (κ3) is 3.16. The second-order valence-corrected chi connectivity index (χ2v) is 2.83. The van der Waals surface area contributed by atoms with E-state index in [2.05, 4.69) is 17.2 Å². The second-order valence-electron chi connectivity index (χ2n) is 2.83. The molecule has 4 nitrogen and oxygen atoms in total. The van der Waals surface area contributed by atoms with Gasteiger partial charge in [0.15, 0.2) is 12.2 Å². The van der Waals surface area contributed by atoms with Crippen LogP contribution >= 0.6 is 0 Å². The quantitative estimate of drug-likeness (QED) is 0.677. The number of nitrogens with one attached hydrogen (secondary N) is 1. The first-order valence-electron chi connectivity index (χ1n) is 4.49. The number of nitrogens with zero attached hydrogens (tertiary/aromatic N) is 1. The van der Waals surface area contributed by atoms with Gasteiger partial charge in [0.05, 0.1) is 5.69 Å². The van der Waals surface area contributed by atoms with E-state index in [-0.39, 0.29) is 0 Å². The highest BCUT2D eigenvalue weighted by Crippen LogP contribution is 2.07. The van der Waals surface area contributed by atoms with Crippen LogP contribution in [0.2, 0.25) is 0 Å². The Morgan fingerprint density at radius 1 is 1.62 bits per heavy atom. The minimum atomic E-state index is 0.489. The summed E-state index contributed by atoms with van der Waals surface area (Å²) in [4.78, 5) is 4.10. The van der Waals surface area contributed by atoms with Crippen LogP contribution in [0.4, 0.5) is 0 Å². The van der Waals surface area contributed by atoms with Gasteiger partial charge in [-0.1, -0.05) is 6.92 Å². The number of methoxy groups -OCH3 is 1. The largest absolute Gasteiger partial charge is 0.446 e. The maximum Gasteiger partial charge on any atom is 0.181 e. The molecule has 0 aliphatic carbocycles. The molecule has 0 spiro atoms. The van der Waals surface area contributed by atoms with Gasteiger partial charge in [-0.2, -0.15) is 0 Å². The Bertz CT molecular complexity index is 235. The smallest absolute Gasteiger partial charge is 0.181 e. The lowest BCUT2D eigenvalue weighted by Crippen LogP contribution is -2.15. The summed E-state index contributed by atoms with van der Waals surface area (Å²) in [6.07, 6.45) is 2.58. The van der Waals surface area contributed by atoms with E-state index in [1.165, 1.54) is 6.39 Å². The summed E-state index contributed by atoms with van der Waals surface area (Å²) in [7, 11) is 1.64. The molecule has 0 saturated heterocycles. The molecule has 0 radical (unpaired) electrons. The van der Waals surface area contributed by atoms with Crippen LogP contribution in [0.3, 0.4) is 0 Å². The maximum atomic E-state index is 5.16. The molecule has 4 heteroatoms. The highest BCUT2D eigenvalue weighted by atomic mass is 16.5. The van der Waals surface area contributed by atoms with Gasteiger partial charge in [0.25, 0.3) is 0 Å². The van der Waals surface area contributed by atoms with Crippen molar-refractivity contribution in [3.63, 3.8) is 0 Å². The average molecular weight is 184 g/mol. The first-order chi connectivity index (χ1) is 6.38. The Labute approximate surface area is 78.3 Å². The molecule has 0 fully saturated rings. The average Bonchev–Trinajstić information content (AvgIpc) is 2.54. The lowest BCUT2D eigenvalue weighted by atomic mass is 10.3. The van der Waals surface area contributed by atoms with E-state index in [0.29, 0.717) is 6.61 Å². The van der Waals surface area contributed by atoms with Crippen LogP contribution in [0.5, 0.6) is 0 Å². The summed E-state index contributed by atoms with van der Waals surface area (Å²) < 4.78 is 10.1. The molecule has 0 aliphatic rings. The van der Waals surface area contributed by atoms with Gasteiger partial charge in [-0.3, -0.25) is 0 Å². The summed E-state index contributed by atoms with van der Waals surface area (Å²) in [5.74, 6) is 0.811. The van der Waals surface area contributed by atoms with Crippen molar-refractivity contribution in [2.75, 3.05) is 13.7 Å². The summed E-state index contributed by atoms with van der Waals surface area (Å²) in [6, 6.07) is 0. The molecule has 1 heterocycles. The van der Waals surface area contributed by atoms with E-state index < -0.39 is 0 Å². The van der Waals surface area contributed by atoms with Gasteiger partial charge < -0.3 is 14.5 Å². The zero-order chi connectivity index (χ0) is 9.52. The van der Waals surface area contributed by atoms with E-state index in [1.807, 2.05) is 0 Å². The molecule has 0 amide bonds. The molecule has 1 N–H and O–H groups in total. The van der Waals surface area contributed by atoms with Crippen molar-refractivity contribution in [2.24, 2.45) is 0 Å². The van der Waals surface area contributed by atoms with Gasteiger partial charge in [-0.25, -0.2) is 4.98 Å². The van der Waals surface area contributed by atoms with Crippen molar-refractivity contribution in [3.05, 3.63) is 17.8 Å². The third-order valence-corrected chi connectivity index (χ3v) is 1.72. The number of rotatable bonds is 6. The standard InChI is InChI=1S/C9H16N2O2/c1-3-4-10-5-8-9(6-12-2)13-7-11-8/h7,10H,3-6H2,1-2H3. The van der Waals surface area contributed by atoms with Gasteiger partial charge in [0.2, 0.25) is 0 Å². The van der Waals surface area contributed by atoms with Crippen molar-refractivity contribution in [1.82, 2.24) is 10.3 Å². The SMILES string of the molecule is CCCNCc1ncoc1COC. The Hall–Kier alpha value is -0.870. The number of ether oxygens (including phenoxy) is 1. The summed E-state index contributed by atoms with van der Waals surface area (Å²) >= 11 is 0. The summed E-state index contributed by atoms with van der Waals surface area (Å²) in [5, 5.41) is 3.26. The van der Waals surface area contributed by atoms with Gasteiger partial charge in [-0.05, 0) is 13.0 Å². The Morgan fingerprint density at radius 2 is 2.46 bits per heavy atom. The van der Waals surface area contributed by atoms with E-state index in [9.17, 15) is 0 Å². The van der Waals surface area contributed by atoms with Crippen LogP contribution < -0.4 is 5.32 Å². The van der Waals surface area contributed by atoms with E-state index in [1.54, 1.807) is 7.11 Å². The van der Waals surface area contributed by atoms with Crippen molar-refractivity contribution in [3.8, 4) is 0 Å². The van der Waals surface area contributed by atoms with Crippen LogP contribution in [-0.2, 0) is 17.9 Å². The molecule has 1 aromatic heterocycles. The zero-order valence-corrected chi connectivity index (χ0v) is 8.17. The Balaban J connectivity index is 2.40. The summed E-state index contributed by atoms with van der Waals surface area (Å²) in [5.41, 5.74) is 0.940. The molecule has 0 bridgehead atoms. The van der Waals surface area contributed by atoms with E-state index in [0.717, 1.165) is 31.0 Å². The fraction of sp³-hybridized carbons (Fsp3) is 0.667.